The summed E-state index contributed by atoms with van der Waals surface area (Å²) in [4.78, 5) is 14.2. The van der Waals surface area contributed by atoms with E-state index in [1.807, 2.05) is 0 Å². The Morgan fingerprint density at radius 2 is 2.50 bits per heavy atom. The number of pyridine rings is 1. The van der Waals surface area contributed by atoms with E-state index in [2.05, 4.69) is 15.6 Å². The van der Waals surface area contributed by atoms with Gasteiger partial charge in [-0.3, -0.25) is 10.1 Å². The minimum Gasteiger partial charge on any atom is -0.366 e. The fourth-order valence-electron chi connectivity index (χ4n) is 1.81. The smallest absolute Gasteiger partial charge is 0.290 e. The predicted molar refractivity (Wildman–Crippen MR) is 60.5 cm³/mol. The van der Waals surface area contributed by atoms with E-state index in [0.29, 0.717) is 17.4 Å². The maximum Gasteiger partial charge on any atom is 0.290 e. The molecule has 16 heavy (non-hydrogen) atoms. The van der Waals surface area contributed by atoms with Crippen LogP contribution in [0.1, 0.15) is 12.0 Å². The maximum atomic E-state index is 10.6. The third-order valence-corrected chi connectivity index (χ3v) is 2.69. The Balaban J connectivity index is 2.11. The van der Waals surface area contributed by atoms with Gasteiger partial charge in [0.25, 0.3) is 5.69 Å². The van der Waals surface area contributed by atoms with Gasteiger partial charge < -0.3 is 10.6 Å². The van der Waals surface area contributed by atoms with Gasteiger partial charge in [0.15, 0.2) is 0 Å². The van der Waals surface area contributed by atoms with Crippen molar-refractivity contribution in [3.63, 3.8) is 0 Å². The largest absolute Gasteiger partial charge is 0.366 e. The molecule has 0 spiro atoms. The van der Waals surface area contributed by atoms with Crippen LogP contribution in [0, 0.1) is 17.0 Å². The second kappa shape index (κ2) is 4.44. The number of aromatic nitrogens is 1. The second-order valence-electron chi connectivity index (χ2n) is 3.95. The van der Waals surface area contributed by atoms with Gasteiger partial charge in [0, 0.05) is 18.2 Å². The number of hydrogen-bond donors (Lipinski definition) is 2. The van der Waals surface area contributed by atoms with Gasteiger partial charge in [-0.25, -0.2) is 4.98 Å². The van der Waals surface area contributed by atoms with Gasteiger partial charge in [-0.2, -0.15) is 0 Å². The molecule has 0 aliphatic carbocycles. The standard InChI is InChI=1S/C10H14N4O2/c1-7-4-10(12-6-9(7)14(15)16)13-8-2-3-11-5-8/h4,6,8,11H,2-3,5H2,1H3,(H,12,13). The monoisotopic (exact) mass is 222 g/mol. The summed E-state index contributed by atoms with van der Waals surface area (Å²) in [5, 5.41) is 17.1. The SMILES string of the molecule is Cc1cc(NC2CCNC2)ncc1[N+](=O)[O-]. The number of rotatable bonds is 3. The summed E-state index contributed by atoms with van der Waals surface area (Å²) in [7, 11) is 0. The highest BCUT2D eigenvalue weighted by Crippen LogP contribution is 2.19. The summed E-state index contributed by atoms with van der Waals surface area (Å²) in [6.07, 6.45) is 2.36. The van der Waals surface area contributed by atoms with Crippen LogP contribution >= 0.6 is 0 Å². The third kappa shape index (κ3) is 2.27. The molecule has 86 valence electrons. The number of nitro groups is 1. The molecular formula is C10H14N4O2. The molecule has 0 aromatic carbocycles. The van der Waals surface area contributed by atoms with Crippen LogP contribution in [0.25, 0.3) is 0 Å². The first-order valence-electron chi connectivity index (χ1n) is 5.25. The summed E-state index contributed by atoms with van der Waals surface area (Å²) < 4.78 is 0. The van der Waals surface area contributed by atoms with E-state index in [1.54, 1.807) is 13.0 Å². The van der Waals surface area contributed by atoms with E-state index in [1.165, 1.54) is 6.20 Å². The van der Waals surface area contributed by atoms with Gasteiger partial charge in [-0.05, 0) is 26.0 Å². The zero-order chi connectivity index (χ0) is 11.5. The molecule has 1 aromatic heterocycles. The quantitative estimate of drug-likeness (QED) is 0.590. The Labute approximate surface area is 93.2 Å². The second-order valence-corrected chi connectivity index (χ2v) is 3.95. The van der Waals surface area contributed by atoms with Crippen LogP contribution in [0.2, 0.25) is 0 Å². The van der Waals surface area contributed by atoms with Crippen molar-refractivity contribution in [3.8, 4) is 0 Å². The number of nitrogens with zero attached hydrogens (tertiary/aromatic N) is 2. The summed E-state index contributed by atoms with van der Waals surface area (Å²) >= 11 is 0. The van der Waals surface area contributed by atoms with Gasteiger partial charge in [0.05, 0.1) is 4.92 Å². The maximum absolute atomic E-state index is 10.6. The van der Waals surface area contributed by atoms with Crippen molar-refractivity contribution in [2.45, 2.75) is 19.4 Å². The lowest BCUT2D eigenvalue weighted by molar-refractivity contribution is -0.385. The van der Waals surface area contributed by atoms with Crippen LogP contribution in [-0.2, 0) is 0 Å². The van der Waals surface area contributed by atoms with E-state index in [0.717, 1.165) is 19.5 Å². The van der Waals surface area contributed by atoms with Gasteiger partial charge >= 0.3 is 0 Å². The van der Waals surface area contributed by atoms with Gasteiger partial charge in [-0.15, -0.1) is 0 Å². The van der Waals surface area contributed by atoms with Gasteiger partial charge in [0.2, 0.25) is 0 Å². The first kappa shape index (κ1) is 10.8. The molecule has 1 aliphatic heterocycles. The zero-order valence-corrected chi connectivity index (χ0v) is 9.06. The molecule has 0 amide bonds. The number of anilines is 1. The number of aryl methyl sites for hydroxylation is 1. The molecule has 2 N–H and O–H groups in total. The highest BCUT2D eigenvalue weighted by atomic mass is 16.6. The number of hydrogen-bond acceptors (Lipinski definition) is 5. The van der Waals surface area contributed by atoms with Crippen LogP contribution in [-0.4, -0.2) is 29.0 Å². The summed E-state index contributed by atoms with van der Waals surface area (Å²) in [5.41, 5.74) is 0.698. The van der Waals surface area contributed by atoms with Crippen molar-refractivity contribution in [3.05, 3.63) is 27.9 Å². The molecule has 1 aromatic rings. The van der Waals surface area contributed by atoms with Crippen molar-refractivity contribution in [1.29, 1.82) is 0 Å². The molecule has 6 heteroatoms. The van der Waals surface area contributed by atoms with Crippen LogP contribution < -0.4 is 10.6 Å². The first-order valence-corrected chi connectivity index (χ1v) is 5.25. The molecule has 2 rings (SSSR count). The summed E-state index contributed by atoms with van der Waals surface area (Å²) in [6.45, 7) is 3.64. The topological polar surface area (TPSA) is 80.1 Å². The highest BCUT2D eigenvalue weighted by molar-refractivity contribution is 5.47. The van der Waals surface area contributed by atoms with Crippen LogP contribution in [0.5, 0.6) is 0 Å². The van der Waals surface area contributed by atoms with Crippen LogP contribution in [0.3, 0.4) is 0 Å². The first-order chi connectivity index (χ1) is 7.66. The third-order valence-electron chi connectivity index (χ3n) is 2.69. The van der Waals surface area contributed by atoms with E-state index in [9.17, 15) is 10.1 Å². The van der Waals surface area contributed by atoms with Gasteiger partial charge in [0.1, 0.15) is 12.0 Å². The fourth-order valence-corrected chi connectivity index (χ4v) is 1.81. The Morgan fingerprint density at radius 1 is 1.69 bits per heavy atom. The summed E-state index contributed by atoms with van der Waals surface area (Å²) in [6, 6.07) is 2.09. The van der Waals surface area contributed by atoms with Gasteiger partial charge in [-0.1, -0.05) is 0 Å². The number of nitrogens with one attached hydrogen (secondary N) is 2. The molecule has 0 saturated carbocycles. The molecule has 0 radical (unpaired) electrons. The molecule has 1 aliphatic rings. The van der Waals surface area contributed by atoms with Crippen molar-refractivity contribution >= 4 is 11.5 Å². The Morgan fingerprint density at radius 3 is 3.06 bits per heavy atom. The van der Waals surface area contributed by atoms with Crippen LogP contribution in [0.4, 0.5) is 11.5 Å². The van der Waals surface area contributed by atoms with Crippen molar-refractivity contribution < 1.29 is 4.92 Å². The fraction of sp³-hybridized carbons (Fsp3) is 0.500. The minimum atomic E-state index is -0.413. The lowest BCUT2D eigenvalue weighted by Crippen LogP contribution is -2.22. The molecule has 6 nitrogen and oxygen atoms in total. The molecule has 0 bridgehead atoms. The van der Waals surface area contributed by atoms with E-state index >= 15 is 0 Å². The van der Waals surface area contributed by atoms with Crippen molar-refractivity contribution in [2.24, 2.45) is 0 Å². The lowest BCUT2D eigenvalue weighted by Gasteiger charge is -2.11. The molecule has 1 atom stereocenters. The molecule has 2 heterocycles. The Hall–Kier alpha value is -1.69. The predicted octanol–water partition coefficient (Wildman–Crippen LogP) is 1.07. The molecule has 1 unspecified atom stereocenters. The summed E-state index contributed by atoms with van der Waals surface area (Å²) in [5.74, 6) is 0.705. The van der Waals surface area contributed by atoms with E-state index in [-0.39, 0.29) is 5.69 Å². The normalized spacial score (nSPS) is 19.7. The average molecular weight is 222 g/mol. The molecule has 1 fully saturated rings. The highest BCUT2D eigenvalue weighted by Gasteiger charge is 2.16. The van der Waals surface area contributed by atoms with Crippen LogP contribution in [0.15, 0.2) is 12.3 Å². The Bertz CT molecular complexity index is 402. The van der Waals surface area contributed by atoms with Crippen molar-refractivity contribution in [1.82, 2.24) is 10.3 Å². The lowest BCUT2D eigenvalue weighted by atomic mass is 10.2. The average Bonchev–Trinajstić information content (AvgIpc) is 2.70. The van der Waals surface area contributed by atoms with E-state index < -0.39 is 4.92 Å². The minimum absolute atomic E-state index is 0.0649. The molecule has 1 saturated heterocycles. The van der Waals surface area contributed by atoms with E-state index in [4.69, 9.17) is 0 Å². The molecular weight excluding hydrogens is 208 g/mol. The zero-order valence-electron chi connectivity index (χ0n) is 9.06. The Kier molecular flexibility index (Phi) is 3.00. The van der Waals surface area contributed by atoms with Crippen molar-refractivity contribution in [2.75, 3.05) is 18.4 Å².